The molecule has 5 N–H and O–H groups in total. The molecule has 1 aliphatic rings. The highest BCUT2D eigenvalue weighted by molar-refractivity contribution is 5.59. The Labute approximate surface area is 161 Å². The third-order valence-corrected chi connectivity index (χ3v) is 4.86. The van der Waals surface area contributed by atoms with Crippen molar-refractivity contribution in [1.82, 2.24) is 15.2 Å². The highest BCUT2D eigenvalue weighted by Gasteiger charge is 2.25. The number of benzene rings is 1. The number of halogens is 2. The van der Waals surface area contributed by atoms with E-state index in [2.05, 4.69) is 25.8 Å². The lowest BCUT2D eigenvalue weighted by Crippen LogP contribution is -2.13. The van der Waals surface area contributed by atoms with Gasteiger partial charge in [-0.15, -0.1) is 0 Å². The Bertz CT molecular complexity index is 965. The zero-order chi connectivity index (χ0) is 19.7. The van der Waals surface area contributed by atoms with Crippen molar-refractivity contribution in [1.29, 1.82) is 0 Å². The number of nitrogens with one attached hydrogen (secondary N) is 3. The van der Waals surface area contributed by atoms with Crippen LogP contribution in [-0.2, 0) is 6.54 Å². The van der Waals surface area contributed by atoms with E-state index in [1.165, 1.54) is 18.2 Å². The number of rotatable bonds is 7. The van der Waals surface area contributed by atoms with E-state index in [4.69, 9.17) is 5.73 Å². The predicted octanol–water partition coefficient (Wildman–Crippen LogP) is 4.34. The minimum atomic E-state index is -0.503. The van der Waals surface area contributed by atoms with Crippen LogP contribution in [0.15, 0.2) is 36.4 Å². The van der Waals surface area contributed by atoms with Gasteiger partial charge in [-0.1, -0.05) is 12.1 Å². The van der Waals surface area contributed by atoms with E-state index in [0.29, 0.717) is 23.1 Å². The molecule has 0 amide bonds. The van der Waals surface area contributed by atoms with Crippen molar-refractivity contribution >= 4 is 17.5 Å². The maximum absolute atomic E-state index is 14.5. The largest absolute Gasteiger partial charge is 0.363 e. The molecule has 2 heterocycles. The quantitative estimate of drug-likeness (QED) is 0.486. The number of aromatic amines is 1. The van der Waals surface area contributed by atoms with Gasteiger partial charge in [-0.05, 0) is 43.5 Å². The van der Waals surface area contributed by atoms with Crippen molar-refractivity contribution in [2.45, 2.75) is 38.3 Å². The van der Waals surface area contributed by atoms with Crippen molar-refractivity contribution in [3.8, 4) is 0 Å². The summed E-state index contributed by atoms with van der Waals surface area (Å²) in [6.07, 6.45) is 2.30. The minimum absolute atomic E-state index is 0.0693. The summed E-state index contributed by atoms with van der Waals surface area (Å²) in [4.78, 5) is 4.39. The molecule has 0 radical (unpaired) electrons. The zero-order valence-corrected chi connectivity index (χ0v) is 15.5. The second-order valence-electron chi connectivity index (χ2n) is 7.06. The summed E-state index contributed by atoms with van der Waals surface area (Å²) in [5.41, 5.74) is 8.25. The molecule has 1 atom stereocenters. The topological polar surface area (TPSA) is 91.6 Å². The third-order valence-electron chi connectivity index (χ3n) is 4.86. The number of anilines is 3. The molecule has 2 aromatic heterocycles. The van der Waals surface area contributed by atoms with Crippen LogP contribution in [-0.4, -0.2) is 15.2 Å². The van der Waals surface area contributed by atoms with Crippen molar-refractivity contribution in [3.63, 3.8) is 0 Å². The van der Waals surface area contributed by atoms with Crippen molar-refractivity contribution in [2.75, 3.05) is 10.6 Å². The fourth-order valence-corrected chi connectivity index (χ4v) is 3.06. The Balaban J connectivity index is 1.56. The van der Waals surface area contributed by atoms with Gasteiger partial charge in [0, 0.05) is 35.8 Å². The van der Waals surface area contributed by atoms with Crippen LogP contribution < -0.4 is 16.4 Å². The monoisotopic (exact) mass is 384 g/mol. The van der Waals surface area contributed by atoms with Crippen LogP contribution in [0.5, 0.6) is 0 Å². The first-order valence-electron chi connectivity index (χ1n) is 9.27. The molecular weight excluding hydrogens is 362 g/mol. The van der Waals surface area contributed by atoms with Crippen LogP contribution in [0.25, 0.3) is 0 Å². The van der Waals surface area contributed by atoms with Gasteiger partial charge in [0.1, 0.15) is 11.6 Å². The highest BCUT2D eigenvalue weighted by atomic mass is 19.1. The summed E-state index contributed by atoms with van der Waals surface area (Å²) in [6, 6.07) is 9.27. The molecule has 8 heteroatoms. The summed E-state index contributed by atoms with van der Waals surface area (Å²) in [7, 11) is 0. The van der Waals surface area contributed by atoms with E-state index in [9.17, 15) is 8.78 Å². The van der Waals surface area contributed by atoms with E-state index < -0.39 is 5.82 Å². The van der Waals surface area contributed by atoms with E-state index >= 15 is 0 Å². The van der Waals surface area contributed by atoms with Gasteiger partial charge in [0.2, 0.25) is 0 Å². The summed E-state index contributed by atoms with van der Waals surface area (Å²) < 4.78 is 27.6. The van der Waals surface area contributed by atoms with Crippen molar-refractivity contribution in [2.24, 2.45) is 5.73 Å². The lowest BCUT2D eigenvalue weighted by atomic mass is 10.1. The van der Waals surface area contributed by atoms with Crippen LogP contribution in [0.3, 0.4) is 0 Å². The van der Waals surface area contributed by atoms with Gasteiger partial charge in [-0.2, -0.15) is 5.10 Å². The second kappa shape index (κ2) is 7.55. The van der Waals surface area contributed by atoms with Crippen LogP contribution in [0, 0.1) is 11.6 Å². The van der Waals surface area contributed by atoms with Crippen molar-refractivity contribution in [3.05, 3.63) is 64.9 Å². The van der Waals surface area contributed by atoms with Gasteiger partial charge in [0.05, 0.1) is 0 Å². The fourth-order valence-electron chi connectivity index (χ4n) is 3.06. The first-order valence-corrected chi connectivity index (χ1v) is 9.27. The Morgan fingerprint density at radius 3 is 2.61 bits per heavy atom. The molecule has 3 aromatic rings. The van der Waals surface area contributed by atoms with E-state index in [0.717, 1.165) is 24.1 Å². The number of H-pyrrole nitrogens is 1. The van der Waals surface area contributed by atoms with Crippen LogP contribution in [0.4, 0.5) is 26.2 Å². The molecule has 4 rings (SSSR count). The molecular formula is C20H22F2N6. The number of nitrogens with zero attached hydrogens (tertiary/aromatic N) is 2. The molecule has 0 saturated heterocycles. The van der Waals surface area contributed by atoms with Gasteiger partial charge < -0.3 is 16.4 Å². The normalized spacial score (nSPS) is 14.7. The molecule has 1 fully saturated rings. The minimum Gasteiger partial charge on any atom is -0.363 e. The van der Waals surface area contributed by atoms with Gasteiger partial charge in [-0.25, -0.2) is 13.8 Å². The number of pyridine rings is 1. The molecule has 28 heavy (non-hydrogen) atoms. The zero-order valence-electron chi connectivity index (χ0n) is 15.5. The molecule has 146 valence electrons. The molecule has 1 saturated carbocycles. The predicted molar refractivity (Wildman–Crippen MR) is 104 cm³/mol. The average molecular weight is 384 g/mol. The molecule has 0 bridgehead atoms. The number of nitrogens with two attached hydrogens (primary N) is 1. The lowest BCUT2D eigenvalue weighted by Gasteiger charge is -2.18. The lowest BCUT2D eigenvalue weighted by molar-refractivity contribution is 0.623. The molecule has 1 aliphatic carbocycles. The van der Waals surface area contributed by atoms with Gasteiger partial charge in [0.25, 0.3) is 0 Å². The van der Waals surface area contributed by atoms with E-state index in [1.54, 1.807) is 12.1 Å². The first-order chi connectivity index (χ1) is 13.5. The summed E-state index contributed by atoms with van der Waals surface area (Å²) >= 11 is 0. The summed E-state index contributed by atoms with van der Waals surface area (Å²) in [5.74, 6) is 0.785. The highest BCUT2D eigenvalue weighted by Crippen LogP contribution is 2.39. The molecule has 1 unspecified atom stereocenters. The number of aromatic nitrogens is 3. The van der Waals surface area contributed by atoms with Gasteiger partial charge in [-0.3, -0.25) is 5.10 Å². The molecule has 0 spiro atoms. The van der Waals surface area contributed by atoms with Crippen LogP contribution in [0.1, 0.15) is 48.5 Å². The van der Waals surface area contributed by atoms with E-state index in [1.807, 2.05) is 13.0 Å². The van der Waals surface area contributed by atoms with Gasteiger partial charge >= 0.3 is 0 Å². The Morgan fingerprint density at radius 1 is 1.18 bits per heavy atom. The molecule has 6 nitrogen and oxygen atoms in total. The van der Waals surface area contributed by atoms with Crippen molar-refractivity contribution < 1.29 is 8.78 Å². The standard InChI is InChI=1S/C20H22F2N6/c1-11(12-4-6-15(21)7-5-12)24-19-14(10-23)8-16(22)20(26-19)25-18-9-17(27-28-18)13-2-3-13/h4-9,11,13H,2-3,10,23H2,1H3,(H3,24,25,26,27,28). The van der Waals surface area contributed by atoms with E-state index in [-0.39, 0.29) is 24.2 Å². The summed E-state index contributed by atoms with van der Waals surface area (Å²) in [6.45, 7) is 2.05. The van der Waals surface area contributed by atoms with Gasteiger partial charge in [0.15, 0.2) is 17.5 Å². The molecule has 0 aliphatic heterocycles. The Morgan fingerprint density at radius 2 is 1.93 bits per heavy atom. The number of hydrogen-bond donors (Lipinski definition) is 4. The van der Waals surface area contributed by atoms with Crippen LogP contribution >= 0.6 is 0 Å². The second-order valence-corrected chi connectivity index (χ2v) is 7.06. The first kappa shape index (κ1) is 18.4. The number of hydrogen-bond acceptors (Lipinski definition) is 5. The fraction of sp³-hybridized carbons (Fsp3) is 0.300. The Kier molecular flexibility index (Phi) is 4.95. The smallest absolute Gasteiger partial charge is 0.170 e. The SMILES string of the molecule is CC(Nc1nc(Nc2cc(C3CC3)[nH]n2)c(F)cc1CN)c1ccc(F)cc1. The average Bonchev–Trinajstić information content (AvgIpc) is 3.44. The summed E-state index contributed by atoms with van der Waals surface area (Å²) in [5, 5.41) is 13.3. The molecule has 1 aromatic carbocycles. The van der Waals surface area contributed by atoms with Crippen LogP contribution in [0.2, 0.25) is 0 Å². The maximum atomic E-state index is 14.5. The third kappa shape index (κ3) is 3.96. The maximum Gasteiger partial charge on any atom is 0.170 e. The Hall–Kier alpha value is -3.00.